The summed E-state index contributed by atoms with van der Waals surface area (Å²) >= 11 is 0. The molecule has 2 atom stereocenters. The number of rotatable bonds is 4. The van der Waals surface area contributed by atoms with Crippen molar-refractivity contribution in [3.8, 4) is 11.5 Å². The summed E-state index contributed by atoms with van der Waals surface area (Å²) in [6.07, 6.45) is 1.03. The highest BCUT2D eigenvalue weighted by molar-refractivity contribution is 5.59. The average Bonchev–Trinajstić information content (AvgIpc) is 3.01. The number of benzene rings is 3. The largest absolute Gasteiger partial charge is 0.493 e. The van der Waals surface area contributed by atoms with Crippen molar-refractivity contribution in [2.24, 2.45) is 0 Å². The van der Waals surface area contributed by atoms with Gasteiger partial charge in [0.1, 0.15) is 0 Å². The fraction of sp³-hybridized carbons (Fsp3) is 0.250. The number of fused-ring (bicyclic) bond motifs is 1. The Labute approximate surface area is 155 Å². The van der Waals surface area contributed by atoms with Gasteiger partial charge in [-0.2, -0.15) is 0 Å². The van der Waals surface area contributed by atoms with Crippen molar-refractivity contribution in [1.82, 2.24) is 0 Å². The Morgan fingerprint density at radius 1 is 0.808 bits per heavy atom. The maximum atomic E-state index is 5.61. The first-order chi connectivity index (χ1) is 12.7. The first kappa shape index (κ1) is 16.7. The highest BCUT2D eigenvalue weighted by Crippen LogP contribution is 2.54. The van der Waals surface area contributed by atoms with Gasteiger partial charge in [-0.3, -0.25) is 0 Å². The van der Waals surface area contributed by atoms with E-state index in [1.165, 1.54) is 22.3 Å². The Balaban J connectivity index is 1.94. The van der Waals surface area contributed by atoms with Gasteiger partial charge in [0.15, 0.2) is 11.5 Å². The molecule has 0 radical (unpaired) electrons. The van der Waals surface area contributed by atoms with Crippen LogP contribution < -0.4 is 9.47 Å². The van der Waals surface area contributed by atoms with E-state index in [2.05, 4.69) is 79.7 Å². The van der Waals surface area contributed by atoms with Crippen molar-refractivity contribution in [3.05, 3.63) is 95.1 Å². The Hall–Kier alpha value is -2.74. The van der Waals surface area contributed by atoms with Gasteiger partial charge in [0.2, 0.25) is 0 Å². The molecule has 0 heterocycles. The molecule has 3 aromatic carbocycles. The van der Waals surface area contributed by atoms with Gasteiger partial charge in [0, 0.05) is 11.3 Å². The zero-order valence-corrected chi connectivity index (χ0v) is 15.5. The van der Waals surface area contributed by atoms with E-state index < -0.39 is 0 Å². The molecule has 3 aromatic rings. The van der Waals surface area contributed by atoms with Gasteiger partial charge in [-0.1, -0.05) is 67.6 Å². The Morgan fingerprint density at radius 2 is 1.38 bits per heavy atom. The molecule has 0 bridgehead atoms. The van der Waals surface area contributed by atoms with Gasteiger partial charge < -0.3 is 9.47 Å². The zero-order chi connectivity index (χ0) is 18.1. The van der Waals surface area contributed by atoms with E-state index in [4.69, 9.17) is 9.47 Å². The molecular weight excluding hydrogens is 320 g/mol. The van der Waals surface area contributed by atoms with Gasteiger partial charge in [-0.05, 0) is 40.8 Å². The summed E-state index contributed by atoms with van der Waals surface area (Å²) in [5.74, 6) is 1.93. The number of ether oxygens (including phenoxy) is 2. The molecule has 4 rings (SSSR count). The van der Waals surface area contributed by atoms with Crippen LogP contribution in [0.25, 0.3) is 0 Å². The van der Waals surface area contributed by atoms with Crippen LogP contribution in [0.15, 0.2) is 72.8 Å². The topological polar surface area (TPSA) is 18.5 Å². The summed E-state index contributed by atoms with van der Waals surface area (Å²) in [5, 5.41) is 0. The first-order valence-corrected chi connectivity index (χ1v) is 9.04. The fourth-order valence-electron chi connectivity index (χ4n) is 4.35. The lowest BCUT2D eigenvalue weighted by Crippen LogP contribution is -2.20. The summed E-state index contributed by atoms with van der Waals surface area (Å²) in [7, 11) is 3.40. The molecule has 132 valence electrons. The van der Waals surface area contributed by atoms with Gasteiger partial charge in [-0.15, -0.1) is 0 Å². The summed E-state index contributed by atoms with van der Waals surface area (Å²) in [5.41, 5.74) is 5.29. The molecule has 26 heavy (non-hydrogen) atoms. The molecule has 0 aromatic heterocycles. The second-order valence-corrected chi connectivity index (χ2v) is 7.16. The van der Waals surface area contributed by atoms with Gasteiger partial charge in [0.25, 0.3) is 0 Å². The zero-order valence-electron chi connectivity index (χ0n) is 15.5. The minimum atomic E-state index is -0.0589. The van der Waals surface area contributed by atoms with Crippen LogP contribution in [0.3, 0.4) is 0 Å². The molecule has 0 unspecified atom stereocenters. The summed E-state index contributed by atoms with van der Waals surface area (Å²) < 4.78 is 11.2. The Kier molecular flexibility index (Phi) is 4.20. The molecule has 1 aliphatic rings. The van der Waals surface area contributed by atoms with Crippen LogP contribution in [-0.2, 0) is 5.41 Å². The normalized spacial score (nSPS) is 21.3. The van der Waals surface area contributed by atoms with E-state index in [1.54, 1.807) is 14.2 Å². The van der Waals surface area contributed by atoms with Crippen molar-refractivity contribution in [2.75, 3.05) is 14.2 Å². The third-order valence-corrected chi connectivity index (χ3v) is 5.75. The smallest absolute Gasteiger partial charge is 0.161 e. The lowest BCUT2D eigenvalue weighted by atomic mass is 9.76. The molecule has 0 aliphatic heterocycles. The summed E-state index contributed by atoms with van der Waals surface area (Å²) in [4.78, 5) is 0. The molecular formula is C24H24O2. The molecule has 0 amide bonds. The number of methoxy groups -OCH3 is 2. The quantitative estimate of drug-likeness (QED) is 0.618. The maximum Gasteiger partial charge on any atom is 0.161 e. The Bertz CT molecular complexity index is 902. The minimum Gasteiger partial charge on any atom is -0.493 e. The van der Waals surface area contributed by atoms with Crippen LogP contribution in [0, 0.1) is 0 Å². The number of hydrogen-bond acceptors (Lipinski definition) is 2. The average molecular weight is 344 g/mol. The predicted molar refractivity (Wildman–Crippen MR) is 105 cm³/mol. The van der Waals surface area contributed by atoms with Gasteiger partial charge in [0.05, 0.1) is 14.2 Å². The maximum absolute atomic E-state index is 5.61. The summed E-state index contributed by atoms with van der Waals surface area (Å²) in [6.45, 7) is 2.34. The van der Waals surface area contributed by atoms with E-state index in [9.17, 15) is 0 Å². The van der Waals surface area contributed by atoms with Crippen molar-refractivity contribution in [3.63, 3.8) is 0 Å². The standard InChI is InChI=1S/C24H24O2/c1-24(18-12-8-5-9-13-18)16-20(17-10-6-4-7-11-17)19-14-22(25-2)23(26-3)15-21(19)24/h4-15,20H,16H2,1-3H3/t20-,24-/m0/s1. The van der Waals surface area contributed by atoms with Crippen molar-refractivity contribution in [1.29, 1.82) is 0 Å². The monoisotopic (exact) mass is 344 g/mol. The van der Waals surface area contributed by atoms with Gasteiger partial charge in [-0.25, -0.2) is 0 Å². The Morgan fingerprint density at radius 3 is 2.00 bits per heavy atom. The van der Waals surface area contributed by atoms with E-state index in [-0.39, 0.29) is 5.41 Å². The number of hydrogen-bond donors (Lipinski definition) is 0. The van der Waals surface area contributed by atoms with Crippen molar-refractivity contribution in [2.45, 2.75) is 24.7 Å². The molecule has 2 nitrogen and oxygen atoms in total. The third-order valence-electron chi connectivity index (χ3n) is 5.75. The van der Waals surface area contributed by atoms with Crippen LogP contribution in [0.2, 0.25) is 0 Å². The minimum absolute atomic E-state index is 0.0589. The van der Waals surface area contributed by atoms with Crippen LogP contribution in [0.5, 0.6) is 11.5 Å². The molecule has 1 aliphatic carbocycles. The third kappa shape index (κ3) is 2.57. The van der Waals surface area contributed by atoms with E-state index in [1.807, 2.05) is 0 Å². The second-order valence-electron chi connectivity index (χ2n) is 7.16. The molecule has 0 fully saturated rings. The molecule has 0 spiro atoms. The molecule has 0 N–H and O–H groups in total. The predicted octanol–water partition coefficient (Wildman–Crippen LogP) is 5.55. The molecule has 0 saturated carbocycles. The highest BCUT2D eigenvalue weighted by atomic mass is 16.5. The highest BCUT2D eigenvalue weighted by Gasteiger charge is 2.43. The molecule has 2 heteroatoms. The van der Waals surface area contributed by atoms with Crippen LogP contribution in [0.1, 0.15) is 41.5 Å². The first-order valence-electron chi connectivity index (χ1n) is 9.04. The van der Waals surface area contributed by atoms with Crippen LogP contribution >= 0.6 is 0 Å². The van der Waals surface area contributed by atoms with E-state index >= 15 is 0 Å². The van der Waals surface area contributed by atoms with Crippen molar-refractivity contribution < 1.29 is 9.47 Å². The van der Waals surface area contributed by atoms with E-state index in [0.717, 1.165) is 17.9 Å². The second kappa shape index (κ2) is 6.53. The van der Waals surface area contributed by atoms with Gasteiger partial charge >= 0.3 is 0 Å². The molecule has 0 saturated heterocycles. The van der Waals surface area contributed by atoms with E-state index in [0.29, 0.717) is 5.92 Å². The lowest BCUT2D eigenvalue weighted by molar-refractivity contribution is 0.354. The summed E-state index contributed by atoms with van der Waals surface area (Å²) in [6, 6.07) is 25.9. The van der Waals surface area contributed by atoms with Crippen LogP contribution in [0.4, 0.5) is 0 Å². The van der Waals surface area contributed by atoms with Crippen LogP contribution in [-0.4, -0.2) is 14.2 Å². The fourth-order valence-corrected chi connectivity index (χ4v) is 4.35. The SMILES string of the molecule is COc1cc2c(cc1OC)[C@](C)(c1ccccc1)C[C@H]2c1ccccc1. The van der Waals surface area contributed by atoms with Crippen molar-refractivity contribution >= 4 is 0 Å². The lowest BCUT2D eigenvalue weighted by Gasteiger charge is -2.27.